The molecule has 9 heteroatoms. The summed E-state index contributed by atoms with van der Waals surface area (Å²) in [7, 11) is 0.565. The summed E-state index contributed by atoms with van der Waals surface area (Å²) in [5.41, 5.74) is 0. The highest BCUT2D eigenvalue weighted by atomic mass is 35.5. The summed E-state index contributed by atoms with van der Waals surface area (Å²) in [6.45, 7) is 1.92. The highest BCUT2D eigenvalue weighted by Gasteiger charge is 2.24. The molecule has 0 radical (unpaired) electrons. The third-order valence-electron chi connectivity index (χ3n) is 2.73. The van der Waals surface area contributed by atoms with Gasteiger partial charge in [-0.3, -0.25) is 4.98 Å². The van der Waals surface area contributed by atoms with Crippen LogP contribution in [-0.4, -0.2) is 37.2 Å². The fourth-order valence-corrected chi connectivity index (χ4v) is 2.92. The van der Waals surface area contributed by atoms with Crippen molar-refractivity contribution in [1.82, 2.24) is 10.3 Å². The Bertz CT molecular complexity index is 468. The van der Waals surface area contributed by atoms with E-state index in [0.29, 0.717) is 9.68 Å². The van der Waals surface area contributed by atoms with Crippen LogP contribution in [-0.2, 0) is 4.74 Å². The quantitative estimate of drug-likeness (QED) is 0.551. The van der Waals surface area contributed by atoms with Crippen LogP contribution in [0.5, 0.6) is 0 Å². The number of rotatable bonds is 2. The van der Waals surface area contributed by atoms with Crippen molar-refractivity contribution in [3.63, 3.8) is 0 Å². The molecule has 6 nitrogen and oxygen atoms in total. The molecule has 2 unspecified atom stereocenters. The normalized spacial score (nSPS) is 20.2. The van der Waals surface area contributed by atoms with Gasteiger partial charge in [0.1, 0.15) is 10.7 Å². The molecule has 0 aromatic carbocycles. The van der Waals surface area contributed by atoms with Crippen LogP contribution in [0.25, 0.3) is 0 Å². The molecule has 1 aromatic rings. The highest BCUT2D eigenvalue weighted by Crippen LogP contribution is 2.12. The lowest BCUT2D eigenvalue weighted by Crippen LogP contribution is -2.33. The third kappa shape index (κ3) is 4.47. The SMILES string of the molecule is COC(=O)c1c[nH]c(=NC2CCCNC2)[s+]1N.Cl.Cl. The van der Waals surface area contributed by atoms with Crippen LogP contribution in [0.4, 0.5) is 0 Å². The van der Waals surface area contributed by atoms with E-state index in [4.69, 9.17) is 5.14 Å². The molecule has 1 saturated heterocycles. The molecule has 1 aliphatic heterocycles. The Morgan fingerprint density at radius 1 is 1.58 bits per heavy atom. The van der Waals surface area contributed by atoms with Crippen LogP contribution in [0.15, 0.2) is 11.2 Å². The van der Waals surface area contributed by atoms with E-state index in [0.717, 1.165) is 25.9 Å². The molecule has 110 valence electrons. The lowest BCUT2D eigenvalue weighted by molar-refractivity contribution is 0.0606. The topological polar surface area (TPSA) is 92.5 Å². The lowest BCUT2D eigenvalue weighted by atomic mass is 10.1. The van der Waals surface area contributed by atoms with Gasteiger partial charge in [0, 0.05) is 6.54 Å². The van der Waals surface area contributed by atoms with Crippen molar-refractivity contribution in [2.24, 2.45) is 4.99 Å². The maximum atomic E-state index is 11.4. The van der Waals surface area contributed by atoms with Gasteiger partial charge in [-0.05, 0) is 19.4 Å². The number of H-pyrrole nitrogens is 1. The molecular weight excluding hydrogens is 311 g/mol. The van der Waals surface area contributed by atoms with Gasteiger partial charge in [0.25, 0.3) is 4.88 Å². The lowest BCUT2D eigenvalue weighted by Gasteiger charge is -2.17. The summed E-state index contributed by atoms with van der Waals surface area (Å²) in [6.07, 6.45) is 3.77. The second-order valence-electron chi connectivity index (χ2n) is 3.92. The van der Waals surface area contributed by atoms with E-state index in [1.54, 1.807) is 6.20 Å². The van der Waals surface area contributed by atoms with Crippen molar-refractivity contribution in [3.8, 4) is 0 Å². The number of halogens is 2. The van der Waals surface area contributed by atoms with Gasteiger partial charge in [-0.1, -0.05) is 0 Å². The van der Waals surface area contributed by atoms with Crippen molar-refractivity contribution < 1.29 is 9.53 Å². The van der Waals surface area contributed by atoms with Crippen LogP contribution < -0.4 is 15.3 Å². The number of esters is 1. The standard InChI is InChI=1S/C10H16N4O2S.2ClH/c1-16-9(15)8-6-13-10(17(8)11)14-7-3-2-4-12-5-7;;/h6-7,12H,2-5,11H2,1H3;2*1H/p+1. The molecular formula is C10H19Cl2N4O2S+. The maximum Gasteiger partial charge on any atom is 0.395 e. The summed E-state index contributed by atoms with van der Waals surface area (Å²) >= 11 is 0. The predicted octanol–water partition coefficient (Wildman–Crippen LogP) is 0.760. The number of ether oxygens (including phenoxy) is 1. The second kappa shape index (κ2) is 8.55. The first kappa shape index (κ1) is 18.4. The molecule has 0 bridgehead atoms. The fourth-order valence-electron chi connectivity index (χ4n) is 1.81. The summed E-state index contributed by atoms with van der Waals surface area (Å²) in [5.74, 6) is -0.393. The number of thiazole rings is 1. The first-order valence-electron chi connectivity index (χ1n) is 5.54. The van der Waals surface area contributed by atoms with Gasteiger partial charge in [0.05, 0.1) is 19.3 Å². The number of carbonyl (C=O) groups is 1. The van der Waals surface area contributed by atoms with Crippen LogP contribution in [0, 0.1) is 0 Å². The minimum atomic E-state index is -0.782. The van der Waals surface area contributed by atoms with E-state index in [-0.39, 0.29) is 30.9 Å². The minimum absolute atomic E-state index is 0. The molecule has 2 rings (SSSR count). The molecule has 1 aliphatic rings. The van der Waals surface area contributed by atoms with Crippen molar-refractivity contribution in [1.29, 1.82) is 0 Å². The Morgan fingerprint density at radius 2 is 2.32 bits per heavy atom. The zero-order valence-electron chi connectivity index (χ0n) is 10.5. The Morgan fingerprint density at radius 3 is 2.89 bits per heavy atom. The molecule has 2 atom stereocenters. The number of nitrogen functional groups attached to an aromatic ring is 1. The van der Waals surface area contributed by atoms with E-state index in [1.165, 1.54) is 7.11 Å². The Balaban J connectivity index is 0.00000162. The minimum Gasteiger partial charge on any atom is -0.462 e. The third-order valence-corrected chi connectivity index (χ3v) is 4.13. The number of methoxy groups -OCH3 is 1. The molecule has 1 fully saturated rings. The van der Waals surface area contributed by atoms with Crippen molar-refractivity contribution in [2.75, 3.05) is 25.3 Å². The van der Waals surface area contributed by atoms with Gasteiger partial charge in [-0.2, -0.15) is 0 Å². The van der Waals surface area contributed by atoms with Gasteiger partial charge in [-0.15, -0.1) is 30.0 Å². The first-order chi connectivity index (χ1) is 8.22. The fraction of sp³-hybridized carbons (Fsp3) is 0.600. The van der Waals surface area contributed by atoms with Gasteiger partial charge in [-0.25, -0.2) is 9.79 Å². The number of hydrogen-bond acceptors (Lipinski definition) is 5. The summed E-state index contributed by atoms with van der Waals surface area (Å²) in [5, 5.41) is 9.25. The summed E-state index contributed by atoms with van der Waals surface area (Å²) < 4.78 is 4.66. The number of aromatic nitrogens is 1. The van der Waals surface area contributed by atoms with Gasteiger partial charge in [0.15, 0.2) is 0 Å². The van der Waals surface area contributed by atoms with Crippen molar-refractivity contribution >= 4 is 41.4 Å². The van der Waals surface area contributed by atoms with E-state index in [1.807, 2.05) is 0 Å². The Hall–Kier alpha value is -0.600. The zero-order valence-corrected chi connectivity index (χ0v) is 13.0. The summed E-state index contributed by atoms with van der Waals surface area (Å²) in [4.78, 5) is 20.0. The molecule has 1 aromatic heterocycles. The molecule has 0 spiro atoms. The molecule has 0 amide bonds. The average molecular weight is 330 g/mol. The van der Waals surface area contributed by atoms with E-state index in [2.05, 4.69) is 20.0 Å². The van der Waals surface area contributed by atoms with Gasteiger partial charge in [0.2, 0.25) is 0 Å². The van der Waals surface area contributed by atoms with Gasteiger partial charge < -0.3 is 10.1 Å². The first-order valence-corrected chi connectivity index (χ1v) is 6.83. The zero-order chi connectivity index (χ0) is 12.3. The van der Waals surface area contributed by atoms with E-state index < -0.39 is 16.6 Å². The van der Waals surface area contributed by atoms with Gasteiger partial charge >= 0.3 is 10.8 Å². The number of piperidine rings is 1. The Kier molecular flexibility index (Phi) is 8.28. The van der Waals surface area contributed by atoms with Crippen LogP contribution in [0.3, 0.4) is 0 Å². The molecule has 4 N–H and O–H groups in total. The van der Waals surface area contributed by atoms with Crippen molar-refractivity contribution in [3.05, 3.63) is 15.9 Å². The smallest absolute Gasteiger partial charge is 0.395 e. The molecule has 0 aliphatic carbocycles. The van der Waals surface area contributed by atoms with Crippen molar-refractivity contribution in [2.45, 2.75) is 18.9 Å². The maximum absolute atomic E-state index is 11.4. The Labute approximate surface area is 126 Å². The van der Waals surface area contributed by atoms with Crippen LogP contribution >= 0.6 is 35.5 Å². The summed E-state index contributed by atoms with van der Waals surface area (Å²) in [6, 6.07) is 0.246. The van der Waals surface area contributed by atoms with Crippen LogP contribution in [0.2, 0.25) is 0 Å². The number of nitrogens with one attached hydrogen (secondary N) is 2. The van der Waals surface area contributed by atoms with E-state index >= 15 is 0 Å². The number of hydrogen-bond donors (Lipinski definition) is 3. The monoisotopic (exact) mass is 329 g/mol. The number of aromatic amines is 1. The second-order valence-corrected chi connectivity index (χ2v) is 5.42. The predicted molar refractivity (Wildman–Crippen MR) is 80.7 cm³/mol. The van der Waals surface area contributed by atoms with Crippen LogP contribution in [0.1, 0.15) is 22.5 Å². The average Bonchev–Trinajstić information content (AvgIpc) is 2.72. The highest BCUT2D eigenvalue weighted by molar-refractivity contribution is 7.30. The largest absolute Gasteiger partial charge is 0.462 e. The molecule has 2 heterocycles. The van der Waals surface area contributed by atoms with E-state index in [9.17, 15) is 4.79 Å². The number of nitrogens with two attached hydrogens (primary N) is 1. The molecule has 0 saturated carbocycles. The number of nitrogens with zero attached hydrogens (tertiary/aromatic N) is 1. The molecule has 19 heavy (non-hydrogen) atoms. The number of carbonyl (C=O) groups excluding carboxylic acids is 1.